The summed E-state index contributed by atoms with van der Waals surface area (Å²) in [6.07, 6.45) is 6.20. The predicted molar refractivity (Wildman–Crippen MR) is 153 cm³/mol. The third-order valence-corrected chi connectivity index (χ3v) is 8.70. The van der Waals surface area contributed by atoms with Gasteiger partial charge in [0.2, 0.25) is 15.9 Å². The van der Waals surface area contributed by atoms with Crippen LogP contribution >= 0.6 is 0 Å². The van der Waals surface area contributed by atoms with E-state index in [9.17, 15) is 13.2 Å². The maximum Gasteiger partial charge on any atom is 0.220 e. The molecule has 2 heterocycles. The van der Waals surface area contributed by atoms with Crippen LogP contribution in [0.4, 0.5) is 0 Å². The maximum absolute atomic E-state index is 13.0. The molecule has 8 nitrogen and oxygen atoms in total. The van der Waals surface area contributed by atoms with Crippen molar-refractivity contribution in [2.45, 2.75) is 70.6 Å². The van der Waals surface area contributed by atoms with Gasteiger partial charge in [0.1, 0.15) is 23.7 Å². The van der Waals surface area contributed by atoms with Crippen molar-refractivity contribution in [3.05, 3.63) is 59.7 Å². The number of amides is 1. The zero-order valence-electron chi connectivity index (χ0n) is 23.5. The van der Waals surface area contributed by atoms with Gasteiger partial charge in [0.05, 0.1) is 12.3 Å². The minimum atomic E-state index is -3.56. The molecule has 0 bridgehead atoms. The van der Waals surface area contributed by atoms with E-state index in [1.165, 1.54) is 29.8 Å². The van der Waals surface area contributed by atoms with Gasteiger partial charge in [0, 0.05) is 38.0 Å². The summed E-state index contributed by atoms with van der Waals surface area (Å²) in [7, 11) is -3.56. The van der Waals surface area contributed by atoms with Crippen molar-refractivity contribution in [1.29, 1.82) is 0 Å². The molecule has 1 amide bonds. The first-order valence-electron chi connectivity index (χ1n) is 14.1. The van der Waals surface area contributed by atoms with Crippen LogP contribution in [0.1, 0.15) is 69.5 Å². The van der Waals surface area contributed by atoms with Crippen molar-refractivity contribution in [1.82, 2.24) is 14.5 Å². The highest BCUT2D eigenvalue weighted by molar-refractivity contribution is 7.88. The van der Waals surface area contributed by atoms with E-state index in [2.05, 4.69) is 10.2 Å². The van der Waals surface area contributed by atoms with Gasteiger partial charge in [-0.25, -0.2) is 8.42 Å². The van der Waals surface area contributed by atoms with Gasteiger partial charge in [-0.05, 0) is 70.0 Å². The van der Waals surface area contributed by atoms with Gasteiger partial charge in [-0.3, -0.25) is 4.79 Å². The molecule has 2 aromatic rings. The van der Waals surface area contributed by atoms with Gasteiger partial charge in [0.25, 0.3) is 0 Å². The van der Waals surface area contributed by atoms with Gasteiger partial charge in [0.15, 0.2) is 0 Å². The lowest BCUT2D eigenvalue weighted by atomic mass is 9.89. The number of rotatable bonds is 12. The normalized spacial score (nSPS) is 19.2. The molecule has 39 heavy (non-hydrogen) atoms. The highest BCUT2D eigenvalue weighted by Gasteiger charge is 2.40. The number of piperidine rings is 1. The van der Waals surface area contributed by atoms with Crippen LogP contribution < -0.4 is 14.8 Å². The summed E-state index contributed by atoms with van der Waals surface area (Å²) in [6, 6.07) is 15.1. The van der Waals surface area contributed by atoms with Crippen LogP contribution in [0.2, 0.25) is 0 Å². The second-order valence-corrected chi connectivity index (χ2v) is 13.2. The topological polar surface area (TPSA) is 88.2 Å². The van der Waals surface area contributed by atoms with Crippen molar-refractivity contribution in [3.8, 4) is 11.5 Å². The number of carbonyl (C=O) groups is 1. The predicted octanol–water partition coefficient (Wildman–Crippen LogP) is 4.51. The Morgan fingerprint density at radius 2 is 1.87 bits per heavy atom. The van der Waals surface area contributed by atoms with Crippen LogP contribution in [0.15, 0.2) is 48.5 Å². The molecule has 0 saturated carbocycles. The standard InChI is InChI=1S/C30H43N3O5S/c1-30(2)22-27(26-21-25(14-15-28(26)38-30)37-23-24-11-6-4-7-12-24)33(39(3,35)36)19-10-13-29(34)31-16-20-32-17-8-5-9-18-32/h4,6-7,11-12,14-15,21,27H,5,8-10,13,16-20,22-23H2,1-3H3,(H,31,34). The third kappa shape index (κ3) is 8.68. The Bertz CT molecular complexity index is 1200. The minimum Gasteiger partial charge on any atom is -0.489 e. The first-order valence-corrected chi connectivity index (χ1v) is 15.9. The second kappa shape index (κ2) is 13.2. The number of fused-ring (bicyclic) bond motifs is 1. The molecule has 1 N–H and O–H groups in total. The van der Waals surface area contributed by atoms with Crippen LogP contribution in [0.3, 0.4) is 0 Å². The molecule has 9 heteroatoms. The van der Waals surface area contributed by atoms with Crippen molar-refractivity contribution >= 4 is 15.9 Å². The van der Waals surface area contributed by atoms with Crippen LogP contribution in [-0.4, -0.2) is 68.1 Å². The molecular formula is C30H43N3O5S. The van der Waals surface area contributed by atoms with Gasteiger partial charge < -0.3 is 19.7 Å². The molecule has 1 atom stereocenters. The van der Waals surface area contributed by atoms with Crippen LogP contribution in [-0.2, 0) is 21.4 Å². The molecule has 0 aromatic heterocycles. The average Bonchev–Trinajstić information content (AvgIpc) is 2.90. The van der Waals surface area contributed by atoms with Crippen molar-refractivity contribution in [2.75, 3.05) is 39.0 Å². The lowest BCUT2D eigenvalue weighted by Gasteiger charge is -2.41. The summed E-state index contributed by atoms with van der Waals surface area (Å²) in [5.41, 5.74) is 1.30. The largest absolute Gasteiger partial charge is 0.489 e. The second-order valence-electron chi connectivity index (χ2n) is 11.3. The number of hydrogen-bond donors (Lipinski definition) is 1. The quantitative estimate of drug-likeness (QED) is 0.413. The van der Waals surface area contributed by atoms with Crippen molar-refractivity contribution < 1.29 is 22.7 Å². The summed E-state index contributed by atoms with van der Waals surface area (Å²) in [6.45, 7) is 8.30. The van der Waals surface area contributed by atoms with E-state index >= 15 is 0 Å². The molecule has 1 unspecified atom stereocenters. The number of nitrogens with zero attached hydrogens (tertiary/aromatic N) is 2. The number of nitrogens with one attached hydrogen (secondary N) is 1. The Hall–Kier alpha value is -2.62. The number of likely N-dealkylation sites (tertiary alicyclic amines) is 1. The van der Waals surface area contributed by atoms with Crippen molar-refractivity contribution in [2.24, 2.45) is 0 Å². The Balaban J connectivity index is 1.40. The van der Waals surface area contributed by atoms with E-state index in [-0.39, 0.29) is 18.9 Å². The minimum absolute atomic E-state index is 0.0373. The van der Waals surface area contributed by atoms with Crippen molar-refractivity contribution in [3.63, 3.8) is 0 Å². The number of carbonyl (C=O) groups excluding carboxylic acids is 1. The SMILES string of the molecule is CC1(C)CC(N(CCCC(=O)NCCN2CCCCC2)S(C)(=O)=O)c2cc(OCc3ccccc3)ccc2O1. The van der Waals surface area contributed by atoms with E-state index in [4.69, 9.17) is 9.47 Å². The fourth-order valence-corrected chi connectivity index (χ4v) is 6.57. The fraction of sp³-hybridized carbons (Fsp3) is 0.567. The van der Waals surface area contributed by atoms with Crippen LogP contribution in [0.25, 0.3) is 0 Å². The highest BCUT2D eigenvalue weighted by atomic mass is 32.2. The third-order valence-electron chi connectivity index (χ3n) is 7.41. The summed E-state index contributed by atoms with van der Waals surface area (Å²) in [5.74, 6) is 1.28. The molecule has 0 aliphatic carbocycles. The van der Waals surface area contributed by atoms with Gasteiger partial charge in [-0.15, -0.1) is 0 Å². The molecule has 4 rings (SSSR count). The van der Waals surface area contributed by atoms with Gasteiger partial charge >= 0.3 is 0 Å². The first-order chi connectivity index (χ1) is 18.6. The fourth-order valence-electron chi connectivity index (χ4n) is 5.46. The van der Waals surface area contributed by atoms with E-state index in [1.54, 1.807) is 0 Å². The van der Waals surface area contributed by atoms with E-state index in [1.807, 2.05) is 62.4 Å². The monoisotopic (exact) mass is 557 g/mol. The molecule has 0 radical (unpaired) electrons. The molecule has 214 valence electrons. The smallest absolute Gasteiger partial charge is 0.220 e. The number of sulfonamides is 1. The van der Waals surface area contributed by atoms with Gasteiger partial charge in [-0.1, -0.05) is 36.8 Å². The highest BCUT2D eigenvalue weighted by Crippen LogP contribution is 2.45. The molecule has 1 saturated heterocycles. The first kappa shape index (κ1) is 29.4. The lowest BCUT2D eigenvalue weighted by Crippen LogP contribution is -2.44. The molecule has 2 aliphatic heterocycles. The Kier molecular flexibility index (Phi) is 9.91. The summed E-state index contributed by atoms with van der Waals surface area (Å²) in [4.78, 5) is 14.9. The molecular weight excluding hydrogens is 514 g/mol. The van der Waals surface area contributed by atoms with Crippen LogP contribution in [0, 0.1) is 0 Å². The maximum atomic E-state index is 13.0. The molecule has 2 aromatic carbocycles. The average molecular weight is 558 g/mol. The Labute approximate surface area is 233 Å². The molecule has 0 spiro atoms. The Morgan fingerprint density at radius 3 is 2.59 bits per heavy atom. The zero-order chi connectivity index (χ0) is 27.9. The Morgan fingerprint density at radius 1 is 1.13 bits per heavy atom. The van der Waals surface area contributed by atoms with Gasteiger partial charge in [-0.2, -0.15) is 4.31 Å². The van der Waals surface area contributed by atoms with E-state index < -0.39 is 21.7 Å². The summed E-state index contributed by atoms with van der Waals surface area (Å²) >= 11 is 0. The lowest BCUT2D eigenvalue weighted by molar-refractivity contribution is -0.121. The number of hydrogen-bond acceptors (Lipinski definition) is 6. The zero-order valence-corrected chi connectivity index (χ0v) is 24.3. The summed E-state index contributed by atoms with van der Waals surface area (Å²) < 4.78 is 39.8. The number of benzene rings is 2. The summed E-state index contributed by atoms with van der Waals surface area (Å²) in [5, 5.41) is 3.00. The van der Waals surface area contributed by atoms with E-state index in [0.29, 0.717) is 37.5 Å². The molecule has 2 aliphatic rings. The number of ether oxygens (including phenoxy) is 2. The van der Waals surface area contributed by atoms with Crippen LogP contribution in [0.5, 0.6) is 11.5 Å². The van der Waals surface area contributed by atoms with E-state index in [0.717, 1.165) is 30.8 Å². The molecule has 1 fully saturated rings.